The van der Waals surface area contributed by atoms with E-state index in [1.54, 1.807) is 12.3 Å². The van der Waals surface area contributed by atoms with Gasteiger partial charge in [0, 0.05) is 18.2 Å². The van der Waals surface area contributed by atoms with Gasteiger partial charge in [0.15, 0.2) is 0 Å². The number of nitrogens with two attached hydrogens (primary N) is 1. The smallest absolute Gasteiger partial charge is 0.135 e. The van der Waals surface area contributed by atoms with Gasteiger partial charge in [0.05, 0.1) is 0 Å². The number of rotatable bonds is 3. The van der Waals surface area contributed by atoms with E-state index in [1.165, 1.54) is 24.6 Å². The maximum atomic E-state index is 5.79. The fourth-order valence-electron chi connectivity index (χ4n) is 1.55. The highest BCUT2D eigenvalue weighted by atomic mass is 32.2. The maximum Gasteiger partial charge on any atom is 0.135 e. The van der Waals surface area contributed by atoms with Gasteiger partial charge in [-0.15, -0.1) is 0 Å². The van der Waals surface area contributed by atoms with Gasteiger partial charge in [0.25, 0.3) is 0 Å². The Morgan fingerprint density at radius 1 is 1.18 bits per heavy atom. The molecular weight excluding hydrogens is 232 g/mol. The number of anilines is 1. The molecule has 5 heteroatoms. The Balaban J connectivity index is 1.87. The van der Waals surface area contributed by atoms with Crippen LogP contribution in [0.5, 0.6) is 0 Å². The van der Waals surface area contributed by atoms with Crippen LogP contribution in [-0.4, -0.2) is 15.0 Å². The van der Waals surface area contributed by atoms with Crippen molar-refractivity contribution in [2.45, 2.75) is 28.8 Å². The number of hydrogen-bond donors (Lipinski definition) is 1. The lowest BCUT2D eigenvalue weighted by Gasteiger charge is -2.04. The molecule has 1 fully saturated rings. The number of pyridine rings is 1. The topological polar surface area (TPSA) is 64.7 Å². The second-order valence-corrected chi connectivity index (χ2v) is 5.07. The third-order valence-corrected chi connectivity index (χ3v) is 3.40. The van der Waals surface area contributed by atoms with E-state index in [9.17, 15) is 0 Å². The Hall–Kier alpha value is -1.62. The van der Waals surface area contributed by atoms with Crippen LogP contribution >= 0.6 is 11.8 Å². The highest BCUT2D eigenvalue weighted by Crippen LogP contribution is 2.39. The highest BCUT2D eigenvalue weighted by molar-refractivity contribution is 7.99. The number of nitrogens with zero attached hydrogens (tertiary/aromatic N) is 3. The molecule has 1 aliphatic rings. The Morgan fingerprint density at radius 3 is 2.76 bits per heavy atom. The van der Waals surface area contributed by atoms with Crippen molar-refractivity contribution >= 4 is 17.6 Å². The van der Waals surface area contributed by atoms with Crippen LogP contribution in [0.3, 0.4) is 0 Å². The van der Waals surface area contributed by atoms with Crippen molar-refractivity contribution in [1.82, 2.24) is 15.0 Å². The Bertz CT molecular complexity index is 525. The van der Waals surface area contributed by atoms with Crippen molar-refractivity contribution in [3.8, 4) is 0 Å². The van der Waals surface area contributed by atoms with Gasteiger partial charge in [-0.25, -0.2) is 15.0 Å². The molecule has 0 aliphatic heterocycles. The minimum Gasteiger partial charge on any atom is -0.384 e. The van der Waals surface area contributed by atoms with Crippen LogP contribution < -0.4 is 5.73 Å². The SMILES string of the molecule is Nc1cc(Sc2ccccn2)nc(C2CC2)n1. The van der Waals surface area contributed by atoms with Gasteiger partial charge in [-0.2, -0.15) is 0 Å². The Kier molecular flexibility index (Phi) is 2.68. The summed E-state index contributed by atoms with van der Waals surface area (Å²) < 4.78 is 0. The predicted molar refractivity (Wildman–Crippen MR) is 66.8 cm³/mol. The van der Waals surface area contributed by atoms with Crippen LogP contribution in [0.25, 0.3) is 0 Å². The summed E-state index contributed by atoms with van der Waals surface area (Å²) in [6, 6.07) is 7.61. The summed E-state index contributed by atoms with van der Waals surface area (Å²) in [5.41, 5.74) is 5.79. The molecule has 2 N–H and O–H groups in total. The second-order valence-electron chi connectivity index (χ2n) is 4.03. The fourth-order valence-corrected chi connectivity index (χ4v) is 2.35. The molecule has 0 spiro atoms. The molecule has 86 valence electrons. The van der Waals surface area contributed by atoms with E-state index in [4.69, 9.17) is 5.73 Å². The van der Waals surface area contributed by atoms with Gasteiger partial charge in [0.1, 0.15) is 21.7 Å². The van der Waals surface area contributed by atoms with Crippen molar-refractivity contribution in [3.05, 3.63) is 36.3 Å². The summed E-state index contributed by atoms with van der Waals surface area (Å²) >= 11 is 1.52. The molecule has 0 amide bonds. The van der Waals surface area contributed by atoms with Crippen LogP contribution in [0.2, 0.25) is 0 Å². The van der Waals surface area contributed by atoms with Gasteiger partial charge in [-0.05, 0) is 36.7 Å². The van der Waals surface area contributed by atoms with Gasteiger partial charge in [0.2, 0.25) is 0 Å². The van der Waals surface area contributed by atoms with Crippen LogP contribution in [-0.2, 0) is 0 Å². The Labute approximate surface area is 104 Å². The van der Waals surface area contributed by atoms with Gasteiger partial charge in [-0.1, -0.05) is 6.07 Å². The van der Waals surface area contributed by atoms with E-state index in [-0.39, 0.29) is 0 Å². The number of aromatic nitrogens is 3. The minimum atomic E-state index is 0.515. The largest absolute Gasteiger partial charge is 0.384 e. The Morgan fingerprint density at radius 2 is 2.06 bits per heavy atom. The first kappa shape index (κ1) is 10.5. The molecule has 4 nitrogen and oxygen atoms in total. The van der Waals surface area contributed by atoms with E-state index in [0.29, 0.717) is 11.7 Å². The molecule has 0 saturated heterocycles. The average Bonchev–Trinajstić information content (AvgIpc) is 3.13. The van der Waals surface area contributed by atoms with Crippen molar-refractivity contribution in [3.63, 3.8) is 0 Å². The molecule has 0 atom stereocenters. The minimum absolute atomic E-state index is 0.515. The van der Waals surface area contributed by atoms with E-state index in [1.807, 2.05) is 18.2 Å². The maximum absolute atomic E-state index is 5.79. The summed E-state index contributed by atoms with van der Waals surface area (Å²) in [6.07, 6.45) is 4.13. The first-order valence-electron chi connectivity index (χ1n) is 5.54. The standard InChI is InChI=1S/C12H12N4S/c13-9-7-11(16-12(15-9)8-4-5-8)17-10-3-1-2-6-14-10/h1-3,6-8H,4-5H2,(H2,13,15,16). The quantitative estimate of drug-likeness (QED) is 0.840. The van der Waals surface area contributed by atoms with Crippen molar-refractivity contribution in [2.75, 3.05) is 5.73 Å². The number of nitrogen functional groups attached to an aromatic ring is 1. The third kappa shape index (κ3) is 2.55. The zero-order valence-corrected chi connectivity index (χ0v) is 10.0. The van der Waals surface area contributed by atoms with Gasteiger partial charge in [-0.3, -0.25) is 0 Å². The van der Waals surface area contributed by atoms with E-state index < -0.39 is 0 Å². The zero-order valence-electron chi connectivity index (χ0n) is 9.21. The molecular formula is C12H12N4S. The highest BCUT2D eigenvalue weighted by Gasteiger charge is 2.27. The first-order chi connectivity index (χ1) is 8.31. The fraction of sp³-hybridized carbons (Fsp3) is 0.250. The molecule has 17 heavy (non-hydrogen) atoms. The van der Waals surface area contributed by atoms with Gasteiger partial charge < -0.3 is 5.73 Å². The molecule has 1 saturated carbocycles. The lowest BCUT2D eigenvalue weighted by atomic mass is 10.4. The molecule has 0 unspecified atom stereocenters. The van der Waals surface area contributed by atoms with Crippen molar-refractivity contribution < 1.29 is 0 Å². The van der Waals surface area contributed by atoms with Crippen LogP contribution in [0.4, 0.5) is 5.82 Å². The van der Waals surface area contributed by atoms with Gasteiger partial charge >= 0.3 is 0 Å². The van der Waals surface area contributed by atoms with Crippen LogP contribution in [0.1, 0.15) is 24.6 Å². The second kappa shape index (κ2) is 4.33. The predicted octanol–water partition coefficient (Wildman–Crippen LogP) is 2.48. The monoisotopic (exact) mass is 244 g/mol. The molecule has 0 aromatic carbocycles. The summed E-state index contributed by atoms with van der Waals surface area (Å²) in [7, 11) is 0. The zero-order chi connectivity index (χ0) is 11.7. The van der Waals surface area contributed by atoms with E-state index in [0.717, 1.165) is 15.9 Å². The molecule has 3 rings (SSSR count). The lowest BCUT2D eigenvalue weighted by Crippen LogP contribution is -1.99. The summed E-state index contributed by atoms with van der Waals surface area (Å²) in [4.78, 5) is 13.0. The van der Waals surface area contributed by atoms with E-state index in [2.05, 4.69) is 15.0 Å². The summed E-state index contributed by atoms with van der Waals surface area (Å²) in [6.45, 7) is 0. The summed E-state index contributed by atoms with van der Waals surface area (Å²) in [5, 5.41) is 1.80. The number of hydrogen-bond acceptors (Lipinski definition) is 5. The molecule has 2 aromatic heterocycles. The molecule has 0 bridgehead atoms. The third-order valence-electron chi connectivity index (χ3n) is 2.53. The lowest BCUT2D eigenvalue weighted by molar-refractivity contribution is 0.882. The van der Waals surface area contributed by atoms with Crippen LogP contribution in [0, 0.1) is 0 Å². The van der Waals surface area contributed by atoms with E-state index >= 15 is 0 Å². The summed E-state index contributed by atoms with van der Waals surface area (Å²) in [5.74, 6) is 1.94. The molecule has 0 radical (unpaired) electrons. The molecule has 2 heterocycles. The average molecular weight is 244 g/mol. The van der Waals surface area contributed by atoms with Crippen molar-refractivity contribution in [1.29, 1.82) is 0 Å². The van der Waals surface area contributed by atoms with Crippen LogP contribution in [0.15, 0.2) is 40.5 Å². The molecule has 1 aliphatic carbocycles. The normalized spacial score (nSPS) is 14.8. The molecule has 2 aromatic rings. The first-order valence-corrected chi connectivity index (χ1v) is 6.36. The van der Waals surface area contributed by atoms with Crippen molar-refractivity contribution in [2.24, 2.45) is 0 Å².